The van der Waals surface area contributed by atoms with Crippen LogP contribution < -0.4 is 0 Å². The van der Waals surface area contributed by atoms with Gasteiger partial charge in [0.1, 0.15) is 0 Å². The van der Waals surface area contributed by atoms with Crippen molar-refractivity contribution in [2.45, 2.75) is 32.1 Å². The number of hydrogen-bond donors (Lipinski definition) is 0. The zero-order chi connectivity index (χ0) is 12.9. The summed E-state index contributed by atoms with van der Waals surface area (Å²) in [7, 11) is 0. The highest BCUT2D eigenvalue weighted by Crippen LogP contribution is 2.42. The number of alkyl halides is 1. The molecule has 1 aromatic heterocycles. The second-order valence-corrected chi connectivity index (χ2v) is 6.42. The van der Waals surface area contributed by atoms with E-state index in [2.05, 4.69) is 47.4 Å². The van der Waals surface area contributed by atoms with Gasteiger partial charge >= 0.3 is 0 Å². The van der Waals surface area contributed by atoms with Gasteiger partial charge in [-0.25, -0.2) is 4.85 Å². The van der Waals surface area contributed by atoms with E-state index in [4.69, 9.17) is 6.57 Å². The number of rotatable bonds is 5. The van der Waals surface area contributed by atoms with Crippen LogP contribution in [0.1, 0.15) is 31.6 Å². The van der Waals surface area contributed by atoms with Crippen molar-refractivity contribution in [3.05, 3.63) is 28.4 Å². The Balaban J connectivity index is 3.14. The highest BCUT2D eigenvalue weighted by atomic mass is 127. The summed E-state index contributed by atoms with van der Waals surface area (Å²) in [5.74, 6) is 0.271. The number of halogens is 1. The van der Waals surface area contributed by atoms with Crippen molar-refractivity contribution in [3.63, 3.8) is 0 Å². The van der Waals surface area contributed by atoms with Crippen molar-refractivity contribution in [1.29, 1.82) is 5.26 Å². The van der Waals surface area contributed by atoms with Crippen LogP contribution in [0, 0.1) is 23.8 Å². The lowest BCUT2D eigenvalue weighted by Crippen LogP contribution is -2.29. The lowest BCUT2D eigenvalue weighted by Gasteiger charge is -2.29. The molecule has 1 rings (SSSR count). The molecule has 90 valence electrons. The molecule has 2 nitrogen and oxygen atoms in total. The Morgan fingerprint density at radius 3 is 2.71 bits per heavy atom. The second-order valence-electron chi connectivity index (χ2n) is 4.28. The zero-order valence-corrected chi connectivity index (χ0v) is 13.0. The topological polar surface area (TPSA) is 28.1 Å². The lowest BCUT2D eigenvalue weighted by molar-refractivity contribution is 0.373. The fraction of sp³-hybridized carbons (Fsp3) is 0.538. The average Bonchev–Trinajstić information content (AvgIpc) is 2.79. The first kappa shape index (κ1) is 14.5. The molecule has 0 fully saturated rings. The van der Waals surface area contributed by atoms with Crippen LogP contribution in [0.4, 0.5) is 5.00 Å². The Morgan fingerprint density at radius 1 is 1.59 bits per heavy atom. The van der Waals surface area contributed by atoms with E-state index in [0.717, 1.165) is 22.1 Å². The molecular weight excluding hydrogens is 343 g/mol. The highest BCUT2D eigenvalue weighted by molar-refractivity contribution is 14.1. The molecule has 0 aliphatic heterocycles. The molecule has 0 amide bonds. The van der Waals surface area contributed by atoms with Gasteiger partial charge in [-0.1, -0.05) is 42.5 Å². The minimum Gasteiger partial charge on any atom is -0.227 e. The second kappa shape index (κ2) is 6.37. The number of thiophene rings is 1. The Morgan fingerprint density at radius 2 is 2.29 bits per heavy atom. The first-order chi connectivity index (χ1) is 8.10. The van der Waals surface area contributed by atoms with E-state index in [1.807, 2.05) is 12.1 Å². The summed E-state index contributed by atoms with van der Waals surface area (Å²) in [6.07, 6.45) is 1.92. The molecule has 17 heavy (non-hydrogen) atoms. The molecule has 0 aliphatic carbocycles. The Labute approximate surface area is 121 Å². The van der Waals surface area contributed by atoms with Crippen LogP contribution in [-0.2, 0) is 5.41 Å². The highest BCUT2D eigenvalue weighted by Gasteiger charge is 2.36. The van der Waals surface area contributed by atoms with E-state index in [0.29, 0.717) is 5.00 Å². The van der Waals surface area contributed by atoms with Crippen LogP contribution >= 0.6 is 33.9 Å². The first-order valence-electron chi connectivity index (χ1n) is 5.55. The third kappa shape index (κ3) is 3.00. The summed E-state index contributed by atoms with van der Waals surface area (Å²) in [5, 5.41) is 10.3. The first-order valence-corrected chi connectivity index (χ1v) is 7.90. The molecule has 0 saturated heterocycles. The molecule has 0 aromatic carbocycles. The molecule has 0 N–H and O–H groups in total. The van der Waals surface area contributed by atoms with Crippen molar-refractivity contribution < 1.29 is 0 Å². The van der Waals surface area contributed by atoms with E-state index in [-0.39, 0.29) is 5.92 Å². The van der Waals surface area contributed by atoms with Crippen molar-refractivity contribution in [3.8, 4) is 6.07 Å². The van der Waals surface area contributed by atoms with Crippen molar-refractivity contribution in [1.82, 2.24) is 0 Å². The van der Waals surface area contributed by atoms with Gasteiger partial charge < -0.3 is 0 Å². The summed E-state index contributed by atoms with van der Waals surface area (Å²) >= 11 is 3.81. The largest absolute Gasteiger partial charge is 0.241 e. The molecule has 0 radical (unpaired) electrons. The SMILES string of the molecule is [C-]#[N+]c1ccc(C(C#N)(CCCI)C(C)C)s1. The fourth-order valence-electron chi connectivity index (χ4n) is 1.91. The van der Waals surface area contributed by atoms with E-state index < -0.39 is 5.41 Å². The quantitative estimate of drug-likeness (QED) is 0.417. The average molecular weight is 358 g/mol. The number of nitriles is 1. The van der Waals surface area contributed by atoms with Gasteiger partial charge in [-0.3, -0.25) is 0 Å². The third-order valence-electron chi connectivity index (χ3n) is 3.03. The van der Waals surface area contributed by atoms with Gasteiger partial charge in [0.05, 0.1) is 18.1 Å². The summed E-state index contributed by atoms with van der Waals surface area (Å²) < 4.78 is 1.06. The van der Waals surface area contributed by atoms with Crippen molar-refractivity contribution >= 4 is 38.9 Å². The number of nitrogens with zero attached hydrogens (tertiary/aromatic N) is 2. The Bertz CT molecular complexity index is 453. The van der Waals surface area contributed by atoms with Gasteiger partial charge in [-0.2, -0.15) is 16.6 Å². The van der Waals surface area contributed by atoms with Gasteiger partial charge in [-0.05, 0) is 29.3 Å². The van der Waals surface area contributed by atoms with Crippen molar-refractivity contribution in [2.75, 3.05) is 4.43 Å². The van der Waals surface area contributed by atoms with E-state index in [1.54, 1.807) is 0 Å². The van der Waals surface area contributed by atoms with Gasteiger partial charge in [0, 0.05) is 4.88 Å². The molecule has 1 unspecified atom stereocenters. The predicted molar refractivity (Wildman–Crippen MR) is 80.8 cm³/mol. The molecule has 0 saturated carbocycles. The maximum Gasteiger partial charge on any atom is 0.241 e. The van der Waals surface area contributed by atoms with Crippen molar-refractivity contribution in [2.24, 2.45) is 5.92 Å². The van der Waals surface area contributed by atoms with Gasteiger partial charge in [0.25, 0.3) is 0 Å². The fourth-order valence-corrected chi connectivity index (χ4v) is 3.40. The van der Waals surface area contributed by atoms with Crippen LogP contribution in [0.5, 0.6) is 0 Å². The Hall–Kier alpha value is -0.590. The van der Waals surface area contributed by atoms with Gasteiger partial charge in [0.2, 0.25) is 5.00 Å². The third-order valence-corrected chi connectivity index (χ3v) is 4.95. The monoisotopic (exact) mass is 358 g/mol. The summed E-state index contributed by atoms with van der Waals surface area (Å²) in [6.45, 7) is 11.2. The molecule has 1 aromatic rings. The minimum absolute atomic E-state index is 0.271. The molecule has 1 heterocycles. The molecule has 0 bridgehead atoms. The smallest absolute Gasteiger partial charge is 0.227 e. The summed E-state index contributed by atoms with van der Waals surface area (Å²) in [5.41, 5.74) is -0.418. The maximum absolute atomic E-state index is 9.59. The molecule has 0 aliphatic rings. The molecular formula is C13H15IN2S. The maximum atomic E-state index is 9.59. The van der Waals surface area contributed by atoms with Crippen LogP contribution in [0.25, 0.3) is 4.85 Å². The molecule has 0 spiro atoms. The van der Waals surface area contributed by atoms with Gasteiger partial charge in [-0.15, -0.1) is 0 Å². The van der Waals surface area contributed by atoms with Crippen LogP contribution in [0.3, 0.4) is 0 Å². The number of hydrogen-bond acceptors (Lipinski definition) is 2. The van der Waals surface area contributed by atoms with E-state index >= 15 is 0 Å². The molecule has 1 atom stereocenters. The Kier molecular flexibility index (Phi) is 5.42. The van der Waals surface area contributed by atoms with E-state index in [9.17, 15) is 5.26 Å². The van der Waals surface area contributed by atoms with Crippen LogP contribution in [-0.4, -0.2) is 4.43 Å². The molecule has 4 heteroatoms. The predicted octanol–water partition coefficient (Wildman–Crippen LogP) is 4.93. The minimum atomic E-state index is -0.418. The summed E-state index contributed by atoms with van der Waals surface area (Å²) in [6, 6.07) is 6.29. The van der Waals surface area contributed by atoms with Crippen LogP contribution in [0.15, 0.2) is 12.1 Å². The standard InChI is InChI=1S/C13H15IN2S/c1-10(2)13(9-15,7-4-8-14)11-5-6-12(16-3)17-11/h5-6,10H,4,7-8H2,1-2H3. The lowest BCUT2D eigenvalue weighted by atomic mass is 9.74. The van der Waals surface area contributed by atoms with E-state index in [1.165, 1.54) is 11.3 Å². The normalized spacial score (nSPS) is 14.0. The zero-order valence-electron chi connectivity index (χ0n) is 10.0. The van der Waals surface area contributed by atoms with Gasteiger partial charge in [0.15, 0.2) is 0 Å². The van der Waals surface area contributed by atoms with Crippen LogP contribution in [0.2, 0.25) is 0 Å². The summed E-state index contributed by atoms with van der Waals surface area (Å²) in [4.78, 5) is 4.48.